The van der Waals surface area contributed by atoms with Crippen LogP contribution in [0.4, 0.5) is 5.69 Å². The van der Waals surface area contributed by atoms with Gasteiger partial charge < -0.3 is 4.74 Å². The van der Waals surface area contributed by atoms with E-state index in [1.807, 2.05) is 48.8 Å². The van der Waals surface area contributed by atoms with Gasteiger partial charge in [0.05, 0.1) is 23.4 Å². The Morgan fingerprint density at radius 2 is 1.81 bits per heavy atom. The fourth-order valence-corrected chi connectivity index (χ4v) is 4.55. The normalized spacial score (nSPS) is 11.6. The first-order valence-corrected chi connectivity index (χ1v) is 11.0. The molecule has 7 nitrogen and oxygen atoms in total. The molecule has 0 atom stereocenters. The van der Waals surface area contributed by atoms with Crippen molar-refractivity contribution < 1.29 is 13.2 Å². The van der Waals surface area contributed by atoms with Crippen LogP contribution >= 0.6 is 0 Å². The summed E-state index contributed by atoms with van der Waals surface area (Å²) in [6.07, 6.45) is 5.36. The molecule has 5 rings (SSSR count). The summed E-state index contributed by atoms with van der Waals surface area (Å²) in [7, 11) is -2.33. The van der Waals surface area contributed by atoms with Gasteiger partial charge in [-0.1, -0.05) is 30.3 Å². The van der Waals surface area contributed by atoms with Crippen molar-refractivity contribution in [3.05, 3.63) is 85.3 Å². The Kier molecular flexibility index (Phi) is 4.56. The smallest absolute Gasteiger partial charge is 0.262 e. The lowest BCUT2D eigenvalue weighted by molar-refractivity contribution is 0.417. The molecule has 0 spiro atoms. The molecule has 3 aromatic carbocycles. The fourth-order valence-electron chi connectivity index (χ4n) is 3.45. The zero-order valence-electron chi connectivity index (χ0n) is 16.6. The van der Waals surface area contributed by atoms with Crippen molar-refractivity contribution in [1.82, 2.24) is 14.4 Å². The molecule has 0 amide bonds. The number of nitrogens with one attached hydrogen (secondary N) is 1. The van der Waals surface area contributed by atoms with Gasteiger partial charge in [0.15, 0.2) is 0 Å². The first-order chi connectivity index (χ1) is 15.0. The van der Waals surface area contributed by atoms with Crippen molar-refractivity contribution in [2.75, 3.05) is 11.8 Å². The van der Waals surface area contributed by atoms with Crippen molar-refractivity contribution in [2.45, 2.75) is 4.90 Å². The van der Waals surface area contributed by atoms with Gasteiger partial charge in [-0.15, -0.1) is 0 Å². The van der Waals surface area contributed by atoms with Crippen molar-refractivity contribution in [1.29, 1.82) is 0 Å². The Balaban J connectivity index is 1.54. The van der Waals surface area contributed by atoms with Crippen LogP contribution < -0.4 is 9.46 Å². The molecule has 154 valence electrons. The number of nitrogens with zero attached hydrogens (tertiary/aromatic N) is 3. The SMILES string of the molecule is COc1ccc(-c2cn3cccnc3n2)cc1NS(=O)(=O)c1ccc2ccccc2c1. The van der Waals surface area contributed by atoms with Gasteiger partial charge in [-0.2, -0.15) is 0 Å². The highest BCUT2D eigenvalue weighted by Gasteiger charge is 2.18. The summed E-state index contributed by atoms with van der Waals surface area (Å²) >= 11 is 0. The topological polar surface area (TPSA) is 85.6 Å². The largest absolute Gasteiger partial charge is 0.495 e. The molecular formula is C23H18N4O3S. The number of fused-ring (bicyclic) bond motifs is 2. The van der Waals surface area contributed by atoms with E-state index in [4.69, 9.17) is 4.74 Å². The van der Waals surface area contributed by atoms with Crippen LogP contribution in [0.3, 0.4) is 0 Å². The molecule has 8 heteroatoms. The van der Waals surface area contributed by atoms with E-state index in [0.29, 0.717) is 22.9 Å². The molecule has 0 radical (unpaired) electrons. The summed E-state index contributed by atoms with van der Waals surface area (Å²) in [6.45, 7) is 0. The molecular weight excluding hydrogens is 412 g/mol. The average molecular weight is 430 g/mol. The summed E-state index contributed by atoms with van der Waals surface area (Å²) in [4.78, 5) is 8.90. The molecule has 0 saturated carbocycles. The van der Waals surface area contributed by atoms with E-state index in [9.17, 15) is 8.42 Å². The molecule has 0 aliphatic heterocycles. The second-order valence-corrected chi connectivity index (χ2v) is 8.67. The third kappa shape index (κ3) is 3.57. The maximum atomic E-state index is 13.1. The summed E-state index contributed by atoms with van der Waals surface area (Å²) in [5, 5.41) is 1.82. The number of aromatic nitrogens is 3. The Morgan fingerprint density at radius 3 is 2.61 bits per heavy atom. The second kappa shape index (κ2) is 7.41. The number of rotatable bonds is 5. The lowest BCUT2D eigenvalue weighted by atomic mass is 10.1. The number of hydrogen-bond donors (Lipinski definition) is 1. The van der Waals surface area contributed by atoms with Crippen LogP contribution in [0.15, 0.2) is 90.2 Å². The summed E-state index contributed by atoms with van der Waals surface area (Å²) < 4.78 is 36.1. The molecule has 2 aromatic heterocycles. The van der Waals surface area contributed by atoms with E-state index in [2.05, 4.69) is 14.7 Å². The van der Waals surface area contributed by atoms with Crippen LogP contribution in [0.5, 0.6) is 5.75 Å². The summed E-state index contributed by atoms with van der Waals surface area (Å²) in [5.41, 5.74) is 1.74. The van der Waals surface area contributed by atoms with E-state index in [1.54, 1.807) is 40.9 Å². The van der Waals surface area contributed by atoms with Gasteiger partial charge in [0.25, 0.3) is 10.0 Å². The van der Waals surface area contributed by atoms with Crippen LogP contribution in [0, 0.1) is 0 Å². The molecule has 0 fully saturated rings. The number of hydrogen-bond acceptors (Lipinski definition) is 5. The van der Waals surface area contributed by atoms with Gasteiger partial charge in [-0.3, -0.25) is 9.12 Å². The third-order valence-electron chi connectivity index (χ3n) is 5.01. The molecule has 0 aliphatic rings. The Labute approximate surface area is 179 Å². The minimum absolute atomic E-state index is 0.176. The highest BCUT2D eigenvalue weighted by Crippen LogP contribution is 2.32. The number of ether oxygens (including phenoxy) is 1. The quantitative estimate of drug-likeness (QED) is 0.448. The number of imidazole rings is 1. The molecule has 1 N–H and O–H groups in total. The Morgan fingerprint density at radius 1 is 0.968 bits per heavy atom. The lowest BCUT2D eigenvalue weighted by Crippen LogP contribution is -2.13. The van der Waals surface area contributed by atoms with E-state index in [1.165, 1.54) is 7.11 Å². The maximum absolute atomic E-state index is 13.1. The van der Waals surface area contributed by atoms with Crippen LogP contribution in [0.25, 0.3) is 27.8 Å². The van der Waals surface area contributed by atoms with Crippen molar-refractivity contribution in [3.8, 4) is 17.0 Å². The second-order valence-electron chi connectivity index (χ2n) is 6.98. The monoisotopic (exact) mass is 430 g/mol. The van der Waals surface area contributed by atoms with Crippen LogP contribution in [-0.2, 0) is 10.0 Å². The van der Waals surface area contributed by atoms with E-state index in [-0.39, 0.29) is 4.90 Å². The van der Waals surface area contributed by atoms with Gasteiger partial charge in [-0.25, -0.2) is 18.4 Å². The van der Waals surface area contributed by atoms with E-state index in [0.717, 1.165) is 16.3 Å². The number of methoxy groups -OCH3 is 1. The van der Waals surface area contributed by atoms with Crippen molar-refractivity contribution in [2.24, 2.45) is 0 Å². The van der Waals surface area contributed by atoms with Gasteiger partial charge in [0, 0.05) is 24.2 Å². The Hall–Kier alpha value is -3.91. The van der Waals surface area contributed by atoms with E-state index >= 15 is 0 Å². The first-order valence-electron chi connectivity index (χ1n) is 9.53. The van der Waals surface area contributed by atoms with Crippen LogP contribution in [0.1, 0.15) is 0 Å². The lowest BCUT2D eigenvalue weighted by Gasteiger charge is -2.13. The highest BCUT2D eigenvalue weighted by molar-refractivity contribution is 7.92. The predicted octanol–water partition coefficient (Wildman–Crippen LogP) is 4.36. The maximum Gasteiger partial charge on any atom is 0.262 e. The number of benzene rings is 3. The molecule has 31 heavy (non-hydrogen) atoms. The number of sulfonamides is 1. The van der Waals surface area contributed by atoms with Crippen molar-refractivity contribution in [3.63, 3.8) is 0 Å². The fraction of sp³-hybridized carbons (Fsp3) is 0.0435. The molecule has 0 bridgehead atoms. The molecule has 0 aliphatic carbocycles. The van der Waals surface area contributed by atoms with Gasteiger partial charge >= 0.3 is 0 Å². The van der Waals surface area contributed by atoms with Gasteiger partial charge in [-0.05, 0) is 47.2 Å². The molecule has 0 unspecified atom stereocenters. The molecule has 2 heterocycles. The minimum Gasteiger partial charge on any atom is -0.495 e. The molecule has 0 saturated heterocycles. The standard InChI is InChI=1S/C23H18N4O3S/c1-30-22-10-8-18(21-15-27-12-4-11-24-23(27)25-21)14-20(22)26-31(28,29)19-9-7-16-5-2-3-6-17(16)13-19/h2-15,26H,1H3. The molecule has 5 aromatic rings. The average Bonchev–Trinajstić information content (AvgIpc) is 3.23. The van der Waals surface area contributed by atoms with Crippen LogP contribution in [0.2, 0.25) is 0 Å². The van der Waals surface area contributed by atoms with Gasteiger partial charge in [0.2, 0.25) is 5.78 Å². The summed E-state index contributed by atoms with van der Waals surface area (Å²) in [5.74, 6) is 0.974. The number of anilines is 1. The minimum atomic E-state index is -3.83. The third-order valence-corrected chi connectivity index (χ3v) is 6.37. The van der Waals surface area contributed by atoms with E-state index < -0.39 is 10.0 Å². The Bertz CT molecular complexity index is 1490. The summed E-state index contributed by atoms with van der Waals surface area (Å²) in [6, 6.07) is 19.7. The zero-order chi connectivity index (χ0) is 21.4. The van der Waals surface area contributed by atoms with Crippen molar-refractivity contribution >= 4 is 32.3 Å². The predicted molar refractivity (Wildman–Crippen MR) is 120 cm³/mol. The first kappa shape index (κ1) is 19.1. The zero-order valence-corrected chi connectivity index (χ0v) is 17.4. The highest BCUT2D eigenvalue weighted by atomic mass is 32.2. The van der Waals surface area contributed by atoms with Crippen LogP contribution in [-0.4, -0.2) is 29.9 Å². The van der Waals surface area contributed by atoms with Gasteiger partial charge in [0.1, 0.15) is 5.75 Å².